The minimum absolute atomic E-state index is 0.246. The zero-order valence-electron chi connectivity index (χ0n) is 14.7. The Morgan fingerprint density at radius 3 is 2.61 bits per heavy atom. The van der Waals surface area contributed by atoms with Crippen LogP contribution >= 0.6 is 11.8 Å². The molecule has 2 aromatic heterocycles. The maximum Gasteiger partial charge on any atom is 0.416 e. The molecule has 28 heavy (non-hydrogen) atoms. The lowest BCUT2D eigenvalue weighted by molar-refractivity contribution is -0.137. The number of allylic oxidation sites excluding steroid dienone is 1. The zero-order chi connectivity index (χ0) is 19.7. The molecule has 146 valence electrons. The van der Waals surface area contributed by atoms with Crippen LogP contribution in [0.4, 0.5) is 13.2 Å². The van der Waals surface area contributed by atoms with Gasteiger partial charge in [0.05, 0.1) is 11.3 Å². The maximum absolute atomic E-state index is 12.7. The van der Waals surface area contributed by atoms with Crippen LogP contribution in [0.2, 0.25) is 0 Å². The number of nitrogens with zero attached hydrogens (tertiary/aromatic N) is 5. The first-order valence-corrected chi connectivity index (χ1v) is 9.61. The minimum Gasteiger partial charge on any atom is -0.338 e. The van der Waals surface area contributed by atoms with Crippen molar-refractivity contribution in [1.29, 1.82) is 0 Å². The van der Waals surface area contributed by atoms with E-state index >= 15 is 0 Å². The molecule has 0 aliphatic heterocycles. The van der Waals surface area contributed by atoms with E-state index in [-0.39, 0.29) is 5.82 Å². The molecule has 0 atom stereocenters. The van der Waals surface area contributed by atoms with Crippen LogP contribution in [0, 0.1) is 0 Å². The molecule has 1 aliphatic carbocycles. The number of alkyl halides is 3. The Bertz CT molecular complexity index is 976. The van der Waals surface area contributed by atoms with Gasteiger partial charge in [-0.05, 0) is 25.0 Å². The monoisotopic (exact) mass is 407 g/mol. The maximum atomic E-state index is 12.7. The van der Waals surface area contributed by atoms with E-state index in [4.69, 9.17) is 4.52 Å². The highest BCUT2D eigenvalue weighted by atomic mass is 32.2. The van der Waals surface area contributed by atoms with Crippen LogP contribution in [0.15, 0.2) is 46.6 Å². The van der Waals surface area contributed by atoms with E-state index < -0.39 is 11.7 Å². The van der Waals surface area contributed by atoms with Crippen LogP contribution in [0.3, 0.4) is 0 Å². The first-order chi connectivity index (χ1) is 13.5. The van der Waals surface area contributed by atoms with E-state index in [1.807, 2.05) is 4.57 Å². The van der Waals surface area contributed by atoms with Gasteiger partial charge >= 0.3 is 6.18 Å². The van der Waals surface area contributed by atoms with Crippen molar-refractivity contribution in [3.05, 3.63) is 54.2 Å². The van der Waals surface area contributed by atoms with Gasteiger partial charge in [0.1, 0.15) is 5.82 Å². The number of thioether (sulfide) groups is 1. The summed E-state index contributed by atoms with van der Waals surface area (Å²) >= 11 is 1.42. The second-order valence-corrected chi connectivity index (χ2v) is 7.33. The number of hydrogen-bond acceptors (Lipinski definition) is 6. The van der Waals surface area contributed by atoms with Gasteiger partial charge in [0.2, 0.25) is 11.7 Å². The first-order valence-electron chi connectivity index (χ1n) is 8.62. The Labute approximate surface area is 162 Å². The summed E-state index contributed by atoms with van der Waals surface area (Å²) in [4.78, 5) is 4.26. The average molecular weight is 407 g/mol. The highest BCUT2D eigenvalue weighted by Crippen LogP contribution is 2.40. The minimum atomic E-state index is -4.38. The molecule has 1 fully saturated rings. The molecule has 0 radical (unpaired) electrons. The number of rotatable bonds is 7. The predicted octanol–water partition coefficient (Wildman–Crippen LogP) is 4.70. The molecule has 1 aliphatic rings. The van der Waals surface area contributed by atoms with Gasteiger partial charge in [-0.1, -0.05) is 35.1 Å². The molecule has 0 spiro atoms. The summed E-state index contributed by atoms with van der Waals surface area (Å²) in [5, 5.41) is 13.1. The molecule has 0 unspecified atom stereocenters. The standard InChI is InChI=1S/C18H16F3N5OS/c1-2-9-26-16(12-3-4-12)23-24-17(26)28-10-14-22-15(25-27-14)11-5-7-13(8-6-11)18(19,20)21/h2,5-8,12H,1,3-4,9-10H2. The highest BCUT2D eigenvalue weighted by Gasteiger charge is 2.31. The van der Waals surface area contributed by atoms with Crippen molar-refractivity contribution in [2.75, 3.05) is 0 Å². The third kappa shape index (κ3) is 3.96. The van der Waals surface area contributed by atoms with Crippen molar-refractivity contribution < 1.29 is 17.7 Å². The van der Waals surface area contributed by atoms with Gasteiger partial charge < -0.3 is 9.09 Å². The van der Waals surface area contributed by atoms with Crippen molar-refractivity contribution in [3.63, 3.8) is 0 Å². The molecule has 0 saturated heterocycles. The van der Waals surface area contributed by atoms with Gasteiger partial charge in [0.15, 0.2) is 5.16 Å². The molecule has 10 heteroatoms. The second-order valence-electron chi connectivity index (χ2n) is 6.39. The van der Waals surface area contributed by atoms with Gasteiger partial charge in [0.25, 0.3) is 0 Å². The second kappa shape index (κ2) is 7.42. The Morgan fingerprint density at radius 1 is 1.21 bits per heavy atom. The molecular formula is C18H16F3N5OS. The van der Waals surface area contributed by atoms with Gasteiger partial charge in [-0.15, -0.1) is 16.8 Å². The lowest BCUT2D eigenvalue weighted by Gasteiger charge is -2.06. The summed E-state index contributed by atoms with van der Waals surface area (Å²) in [7, 11) is 0. The topological polar surface area (TPSA) is 69.6 Å². The number of benzene rings is 1. The fraction of sp³-hybridized carbons (Fsp3) is 0.333. The first kappa shape index (κ1) is 18.7. The zero-order valence-corrected chi connectivity index (χ0v) is 15.5. The molecule has 0 bridgehead atoms. The lowest BCUT2D eigenvalue weighted by Crippen LogP contribution is -2.04. The van der Waals surface area contributed by atoms with E-state index in [0.717, 1.165) is 36.0 Å². The number of hydrogen-bond donors (Lipinski definition) is 0. The van der Waals surface area contributed by atoms with Gasteiger partial charge in [-0.2, -0.15) is 18.2 Å². The highest BCUT2D eigenvalue weighted by molar-refractivity contribution is 7.98. The Morgan fingerprint density at radius 2 is 1.96 bits per heavy atom. The molecule has 0 N–H and O–H groups in total. The summed E-state index contributed by atoms with van der Waals surface area (Å²) in [6.07, 6.45) is -0.326. The van der Waals surface area contributed by atoms with Gasteiger partial charge in [-0.25, -0.2) is 0 Å². The normalized spacial score (nSPS) is 14.4. The third-order valence-electron chi connectivity index (χ3n) is 4.26. The lowest BCUT2D eigenvalue weighted by atomic mass is 10.1. The summed E-state index contributed by atoms with van der Waals surface area (Å²) in [5.41, 5.74) is -0.262. The Hall–Kier alpha value is -2.62. The van der Waals surface area contributed by atoms with E-state index in [9.17, 15) is 13.2 Å². The van der Waals surface area contributed by atoms with Crippen LogP contribution in [0.5, 0.6) is 0 Å². The molecule has 3 aromatic rings. The van der Waals surface area contributed by atoms with E-state index in [0.29, 0.717) is 29.7 Å². The molecular weight excluding hydrogens is 391 g/mol. The summed E-state index contributed by atoms with van der Waals surface area (Å²) in [6.45, 7) is 4.40. The summed E-state index contributed by atoms with van der Waals surface area (Å²) in [5.74, 6) is 2.43. The molecule has 0 amide bonds. The van der Waals surface area contributed by atoms with E-state index in [1.54, 1.807) is 6.08 Å². The summed E-state index contributed by atoms with van der Waals surface area (Å²) < 4.78 is 45.2. The quantitative estimate of drug-likeness (QED) is 0.418. The van der Waals surface area contributed by atoms with Crippen LogP contribution in [-0.4, -0.2) is 24.9 Å². The molecule has 1 aromatic carbocycles. The van der Waals surface area contributed by atoms with Crippen molar-refractivity contribution in [1.82, 2.24) is 24.9 Å². The molecule has 4 rings (SSSR count). The molecule has 2 heterocycles. The SMILES string of the molecule is C=CCn1c(SCc2nc(-c3ccc(C(F)(F)F)cc3)no2)nnc1C1CC1. The fourth-order valence-corrected chi connectivity index (χ4v) is 3.51. The van der Waals surface area contributed by atoms with E-state index in [2.05, 4.69) is 26.9 Å². The van der Waals surface area contributed by atoms with Gasteiger partial charge in [-0.3, -0.25) is 0 Å². The predicted molar refractivity (Wildman–Crippen MR) is 96.5 cm³/mol. The average Bonchev–Trinajstić information content (AvgIpc) is 3.26. The molecule has 1 saturated carbocycles. The van der Waals surface area contributed by atoms with Crippen LogP contribution in [-0.2, 0) is 18.5 Å². The van der Waals surface area contributed by atoms with Crippen molar-refractivity contribution in [3.8, 4) is 11.4 Å². The smallest absolute Gasteiger partial charge is 0.338 e. The Kier molecular flexibility index (Phi) is 4.96. The summed E-state index contributed by atoms with van der Waals surface area (Å²) in [6, 6.07) is 4.65. The number of halogens is 3. The van der Waals surface area contributed by atoms with E-state index in [1.165, 1.54) is 23.9 Å². The fourth-order valence-electron chi connectivity index (χ4n) is 2.72. The van der Waals surface area contributed by atoms with Gasteiger partial charge in [0, 0.05) is 18.0 Å². The molecule has 6 nitrogen and oxygen atoms in total. The van der Waals surface area contributed by atoms with Crippen LogP contribution < -0.4 is 0 Å². The van der Waals surface area contributed by atoms with Crippen molar-refractivity contribution in [2.24, 2.45) is 0 Å². The van der Waals surface area contributed by atoms with Crippen LogP contribution in [0.25, 0.3) is 11.4 Å². The van der Waals surface area contributed by atoms with Crippen molar-refractivity contribution >= 4 is 11.8 Å². The number of aromatic nitrogens is 5. The Balaban J connectivity index is 1.45. The van der Waals surface area contributed by atoms with Crippen molar-refractivity contribution in [2.45, 2.75) is 42.4 Å². The van der Waals surface area contributed by atoms with Crippen LogP contribution in [0.1, 0.15) is 36.0 Å². The third-order valence-corrected chi connectivity index (χ3v) is 5.21. The largest absolute Gasteiger partial charge is 0.416 e.